The fourth-order valence-electron chi connectivity index (χ4n) is 2.15. The molecule has 1 heterocycles. The van der Waals surface area contributed by atoms with Crippen LogP contribution < -0.4 is 16.0 Å². The Morgan fingerprint density at radius 3 is 2.46 bits per heavy atom. The van der Waals surface area contributed by atoms with Crippen LogP contribution in [0.15, 0.2) is 47.6 Å². The van der Waals surface area contributed by atoms with E-state index in [4.69, 9.17) is 0 Å². The number of aliphatic imine (C=N–C) groups is 1. The number of nitrogens with one attached hydrogen (secondary N) is 3. The lowest BCUT2D eigenvalue weighted by molar-refractivity contribution is -0.141. The van der Waals surface area contributed by atoms with Crippen LogP contribution in [-0.2, 0) is 12.6 Å². The van der Waals surface area contributed by atoms with Crippen molar-refractivity contribution in [3.63, 3.8) is 0 Å². The van der Waals surface area contributed by atoms with E-state index in [0.717, 1.165) is 18.7 Å². The van der Waals surface area contributed by atoms with Gasteiger partial charge >= 0.3 is 6.18 Å². The highest BCUT2D eigenvalue weighted by Gasteiger charge is 2.32. The van der Waals surface area contributed by atoms with Crippen LogP contribution >= 0.6 is 0 Å². The molecule has 3 N–H and O–H groups in total. The second-order valence-corrected chi connectivity index (χ2v) is 5.35. The van der Waals surface area contributed by atoms with Crippen LogP contribution in [0.5, 0.6) is 0 Å². The van der Waals surface area contributed by atoms with Crippen molar-refractivity contribution in [3.05, 3.63) is 53.9 Å². The Kier molecular flexibility index (Phi) is 7.19. The Morgan fingerprint density at radius 2 is 1.77 bits per heavy atom. The van der Waals surface area contributed by atoms with Gasteiger partial charge in [-0.1, -0.05) is 30.3 Å². The van der Waals surface area contributed by atoms with E-state index < -0.39 is 11.9 Å². The number of aromatic nitrogens is 2. The standard InChI is InChI=1S/C17H21F3N6/c1-21-15(22-9-7-13-5-3-2-4-6-13)24-11-12-25-16-23-10-8-14(26-16)17(18,19)20/h2-6,8,10H,7,9,11-12H2,1H3,(H2,21,22,24)(H,23,25,26). The highest BCUT2D eigenvalue weighted by Crippen LogP contribution is 2.27. The number of guanidine groups is 1. The largest absolute Gasteiger partial charge is 0.433 e. The van der Waals surface area contributed by atoms with Crippen molar-refractivity contribution in [2.75, 3.05) is 32.0 Å². The van der Waals surface area contributed by atoms with Crippen molar-refractivity contribution in [3.8, 4) is 0 Å². The average Bonchev–Trinajstić information content (AvgIpc) is 2.64. The molecule has 0 aliphatic heterocycles. The van der Waals surface area contributed by atoms with Crippen molar-refractivity contribution >= 4 is 11.9 Å². The van der Waals surface area contributed by atoms with Crippen LogP contribution in [0.4, 0.5) is 19.1 Å². The molecule has 0 fully saturated rings. The average molecular weight is 366 g/mol. The molecule has 140 valence electrons. The topological polar surface area (TPSA) is 74.2 Å². The third kappa shape index (κ3) is 6.58. The van der Waals surface area contributed by atoms with Gasteiger partial charge in [-0.25, -0.2) is 9.97 Å². The van der Waals surface area contributed by atoms with Gasteiger partial charge in [-0.2, -0.15) is 13.2 Å². The predicted octanol–water partition coefficient (Wildman–Crippen LogP) is 2.31. The lowest BCUT2D eigenvalue weighted by atomic mass is 10.1. The van der Waals surface area contributed by atoms with Crippen molar-refractivity contribution in [1.29, 1.82) is 0 Å². The molecular weight excluding hydrogens is 345 g/mol. The smallest absolute Gasteiger partial charge is 0.356 e. The highest BCUT2D eigenvalue weighted by atomic mass is 19.4. The number of hydrogen-bond acceptors (Lipinski definition) is 4. The summed E-state index contributed by atoms with van der Waals surface area (Å²) in [6.45, 7) is 1.51. The molecule has 0 bridgehead atoms. The fraction of sp³-hybridized carbons (Fsp3) is 0.353. The normalized spacial score (nSPS) is 11.9. The third-order valence-corrected chi connectivity index (χ3v) is 3.42. The van der Waals surface area contributed by atoms with Gasteiger partial charge in [0.1, 0.15) is 5.69 Å². The second-order valence-electron chi connectivity index (χ2n) is 5.35. The molecule has 0 spiro atoms. The minimum absolute atomic E-state index is 0.0614. The molecule has 0 saturated heterocycles. The quantitative estimate of drug-likeness (QED) is 0.398. The molecule has 6 nitrogen and oxygen atoms in total. The summed E-state index contributed by atoms with van der Waals surface area (Å²) < 4.78 is 37.8. The molecule has 0 amide bonds. The van der Waals surface area contributed by atoms with E-state index in [1.165, 1.54) is 5.56 Å². The van der Waals surface area contributed by atoms with Gasteiger partial charge in [0.05, 0.1) is 0 Å². The minimum atomic E-state index is -4.48. The van der Waals surface area contributed by atoms with Gasteiger partial charge in [0.15, 0.2) is 5.96 Å². The van der Waals surface area contributed by atoms with Crippen molar-refractivity contribution < 1.29 is 13.2 Å². The van der Waals surface area contributed by atoms with Crippen molar-refractivity contribution in [1.82, 2.24) is 20.6 Å². The van der Waals surface area contributed by atoms with Gasteiger partial charge in [-0.05, 0) is 18.1 Å². The summed E-state index contributed by atoms with van der Waals surface area (Å²) in [6, 6.07) is 10.9. The molecule has 1 aromatic heterocycles. The maximum absolute atomic E-state index is 12.6. The first-order valence-electron chi connectivity index (χ1n) is 8.11. The van der Waals surface area contributed by atoms with E-state index in [1.807, 2.05) is 18.2 Å². The number of hydrogen-bond donors (Lipinski definition) is 3. The number of rotatable bonds is 7. The maximum atomic E-state index is 12.6. The van der Waals surface area contributed by atoms with E-state index >= 15 is 0 Å². The molecule has 0 atom stereocenters. The molecule has 9 heteroatoms. The zero-order valence-corrected chi connectivity index (χ0v) is 14.3. The van der Waals surface area contributed by atoms with E-state index in [1.54, 1.807) is 7.05 Å². The lowest BCUT2D eigenvalue weighted by Crippen LogP contribution is -2.40. The summed E-state index contributed by atoms with van der Waals surface area (Å²) in [5.41, 5.74) is 0.250. The van der Waals surface area contributed by atoms with Crippen molar-refractivity contribution in [2.45, 2.75) is 12.6 Å². The molecule has 0 radical (unpaired) electrons. The van der Waals surface area contributed by atoms with Crippen LogP contribution in [0, 0.1) is 0 Å². The van der Waals surface area contributed by atoms with Gasteiger partial charge in [0.2, 0.25) is 5.95 Å². The summed E-state index contributed by atoms with van der Waals surface area (Å²) in [6.07, 6.45) is -2.55. The maximum Gasteiger partial charge on any atom is 0.433 e. The summed E-state index contributed by atoms with van der Waals surface area (Å²) in [4.78, 5) is 11.3. The second kappa shape index (κ2) is 9.59. The fourth-order valence-corrected chi connectivity index (χ4v) is 2.15. The molecule has 2 aromatic rings. The first kappa shape index (κ1) is 19.5. The van der Waals surface area contributed by atoms with E-state index in [9.17, 15) is 13.2 Å². The summed E-state index contributed by atoms with van der Waals surface area (Å²) in [5.74, 6) is 0.557. The number of nitrogens with zero attached hydrogens (tertiary/aromatic N) is 3. The minimum Gasteiger partial charge on any atom is -0.356 e. The first-order valence-corrected chi connectivity index (χ1v) is 8.11. The molecule has 0 saturated carbocycles. The Morgan fingerprint density at radius 1 is 1.04 bits per heavy atom. The highest BCUT2D eigenvalue weighted by molar-refractivity contribution is 5.79. The van der Waals surface area contributed by atoms with Gasteiger partial charge in [-0.3, -0.25) is 4.99 Å². The van der Waals surface area contributed by atoms with E-state index in [2.05, 4.69) is 43.0 Å². The Bertz CT molecular complexity index is 703. The van der Waals surface area contributed by atoms with Crippen LogP contribution in [0.3, 0.4) is 0 Å². The summed E-state index contributed by atoms with van der Waals surface area (Å²) >= 11 is 0. The van der Waals surface area contributed by atoms with Crippen LogP contribution in [0.1, 0.15) is 11.3 Å². The first-order chi connectivity index (χ1) is 12.5. The Hall–Kier alpha value is -2.84. The van der Waals surface area contributed by atoms with E-state index in [0.29, 0.717) is 25.6 Å². The van der Waals surface area contributed by atoms with Crippen LogP contribution in [0.25, 0.3) is 0 Å². The molecule has 0 aliphatic carbocycles. The van der Waals surface area contributed by atoms with Gasteiger partial charge in [0.25, 0.3) is 0 Å². The third-order valence-electron chi connectivity index (χ3n) is 3.42. The molecule has 2 rings (SSSR count). The van der Waals surface area contributed by atoms with Gasteiger partial charge in [-0.15, -0.1) is 0 Å². The van der Waals surface area contributed by atoms with Gasteiger partial charge < -0.3 is 16.0 Å². The monoisotopic (exact) mass is 366 g/mol. The van der Waals surface area contributed by atoms with Crippen LogP contribution in [0.2, 0.25) is 0 Å². The Labute approximate surface area is 150 Å². The molecular formula is C17H21F3N6. The number of benzene rings is 1. The SMILES string of the molecule is CN=C(NCCNc1nccc(C(F)(F)F)n1)NCCc1ccccc1. The number of alkyl halides is 3. The zero-order chi connectivity index (χ0) is 18.8. The summed E-state index contributed by atoms with van der Waals surface area (Å²) in [7, 11) is 1.65. The summed E-state index contributed by atoms with van der Waals surface area (Å²) in [5, 5.41) is 9.00. The Balaban J connectivity index is 1.69. The number of halogens is 3. The molecule has 1 aromatic carbocycles. The molecule has 0 aliphatic rings. The molecule has 0 unspecified atom stereocenters. The van der Waals surface area contributed by atoms with Crippen LogP contribution in [-0.4, -0.2) is 42.6 Å². The molecule has 26 heavy (non-hydrogen) atoms. The zero-order valence-electron chi connectivity index (χ0n) is 14.3. The van der Waals surface area contributed by atoms with Crippen molar-refractivity contribution in [2.24, 2.45) is 4.99 Å². The lowest BCUT2D eigenvalue weighted by Gasteiger charge is -2.12. The van der Waals surface area contributed by atoms with E-state index in [-0.39, 0.29) is 5.95 Å². The predicted molar refractivity (Wildman–Crippen MR) is 95.0 cm³/mol. The van der Waals surface area contributed by atoms with Gasteiger partial charge in [0, 0.05) is 32.9 Å². The number of anilines is 1.